The highest BCUT2D eigenvalue weighted by molar-refractivity contribution is 7.90. The molecule has 1 aromatic carbocycles. The molecule has 1 aliphatic carbocycles. The van der Waals surface area contributed by atoms with Gasteiger partial charge in [-0.2, -0.15) is 0 Å². The third-order valence-corrected chi connectivity index (χ3v) is 4.70. The van der Waals surface area contributed by atoms with Gasteiger partial charge in [0.15, 0.2) is 16.4 Å². The predicted molar refractivity (Wildman–Crippen MR) is 80.2 cm³/mol. The molecule has 1 saturated carbocycles. The van der Waals surface area contributed by atoms with Gasteiger partial charge >= 0.3 is 5.97 Å². The van der Waals surface area contributed by atoms with Crippen molar-refractivity contribution in [2.45, 2.75) is 30.7 Å². The Labute approximate surface area is 129 Å². The van der Waals surface area contributed by atoms with Gasteiger partial charge in [0.05, 0.1) is 10.5 Å². The van der Waals surface area contributed by atoms with Crippen LogP contribution in [-0.4, -0.2) is 39.2 Å². The van der Waals surface area contributed by atoms with E-state index in [1.807, 2.05) is 6.92 Å². The van der Waals surface area contributed by atoms with Crippen LogP contribution in [0.5, 0.6) is 0 Å². The van der Waals surface area contributed by atoms with Crippen LogP contribution in [0.3, 0.4) is 0 Å². The van der Waals surface area contributed by atoms with Crippen molar-refractivity contribution in [3.8, 4) is 0 Å². The lowest BCUT2D eigenvalue weighted by Crippen LogP contribution is -2.37. The van der Waals surface area contributed by atoms with E-state index in [-0.39, 0.29) is 29.0 Å². The number of carbonyl (C=O) groups is 2. The van der Waals surface area contributed by atoms with E-state index in [0.717, 1.165) is 19.1 Å². The lowest BCUT2D eigenvalue weighted by atomic mass is 10.2. The van der Waals surface area contributed by atoms with Crippen LogP contribution in [0.15, 0.2) is 29.2 Å². The maximum Gasteiger partial charge on any atom is 0.338 e. The summed E-state index contributed by atoms with van der Waals surface area (Å²) in [6.07, 6.45) is 3.33. The van der Waals surface area contributed by atoms with E-state index >= 15 is 0 Å². The minimum absolute atomic E-state index is 0.0975. The van der Waals surface area contributed by atoms with Gasteiger partial charge in [-0.25, -0.2) is 13.2 Å². The molecule has 6 nitrogen and oxygen atoms in total. The average Bonchev–Trinajstić information content (AvgIpc) is 3.28. The summed E-state index contributed by atoms with van der Waals surface area (Å²) in [4.78, 5) is 23.6. The van der Waals surface area contributed by atoms with Gasteiger partial charge in [0.1, 0.15) is 0 Å². The molecule has 22 heavy (non-hydrogen) atoms. The first-order valence-electron chi connectivity index (χ1n) is 7.04. The summed E-state index contributed by atoms with van der Waals surface area (Å²) in [7, 11) is -3.30. The van der Waals surface area contributed by atoms with Crippen LogP contribution in [-0.2, 0) is 19.4 Å². The Bertz CT molecular complexity index is 662. The summed E-state index contributed by atoms with van der Waals surface area (Å²) >= 11 is 0. The van der Waals surface area contributed by atoms with Crippen molar-refractivity contribution in [3.05, 3.63) is 29.8 Å². The van der Waals surface area contributed by atoms with Gasteiger partial charge in [-0.3, -0.25) is 4.79 Å². The van der Waals surface area contributed by atoms with Crippen molar-refractivity contribution in [2.75, 3.05) is 12.9 Å². The number of nitrogens with one attached hydrogen (secondary N) is 1. The molecule has 0 bridgehead atoms. The number of carbonyl (C=O) groups excluding carboxylic acids is 2. The van der Waals surface area contributed by atoms with E-state index in [1.165, 1.54) is 24.3 Å². The summed E-state index contributed by atoms with van der Waals surface area (Å²) in [5.74, 6) is -0.460. The third-order valence-electron chi connectivity index (χ3n) is 3.57. The van der Waals surface area contributed by atoms with E-state index in [4.69, 9.17) is 4.74 Å². The van der Waals surface area contributed by atoms with E-state index < -0.39 is 15.8 Å². The van der Waals surface area contributed by atoms with E-state index in [9.17, 15) is 18.0 Å². The Kier molecular flexibility index (Phi) is 4.85. The second-order valence-corrected chi connectivity index (χ2v) is 7.58. The van der Waals surface area contributed by atoms with Crippen LogP contribution >= 0.6 is 0 Å². The SMILES string of the molecule is C[C@@H](NC(=O)COC(=O)c1ccc(S(C)(=O)=O)cc1)C1CC1. The molecule has 0 radical (unpaired) electrons. The highest BCUT2D eigenvalue weighted by Gasteiger charge is 2.29. The summed E-state index contributed by atoms with van der Waals surface area (Å²) in [5, 5.41) is 2.78. The molecule has 0 heterocycles. The summed E-state index contributed by atoms with van der Waals surface area (Å²) < 4.78 is 27.6. The number of ether oxygens (including phenoxy) is 1. The van der Waals surface area contributed by atoms with Crippen LogP contribution in [0, 0.1) is 5.92 Å². The van der Waals surface area contributed by atoms with E-state index in [2.05, 4.69) is 5.32 Å². The lowest BCUT2D eigenvalue weighted by Gasteiger charge is -2.12. The Morgan fingerprint density at radius 1 is 1.27 bits per heavy atom. The van der Waals surface area contributed by atoms with Gasteiger partial charge in [-0.1, -0.05) is 0 Å². The standard InChI is InChI=1S/C15H19NO5S/c1-10(11-3-4-11)16-14(17)9-21-15(18)12-5-7-13(8-6-12)22(2,19)20/h5-8,10-11H,3-4,9H2,1-2H3,(H,16,17)/t10-/m1/s1. The molecular formula is C15H19NO5S. The highest BCUT2D eigenvalue weighted by Crippen LogP contribution is 2.32. The van der Waals surface area contributed by atoms with Crippen LogP contribution < -0.4 is 5.32 Å². The van der Waals surface area contributed by atoms with Gasteiger partial charge in [-0.05, 0) is 49.9 Å². The Hall–Kier alpha value is -1.89. The van der Waals surface area contributed by atoms with Gasteiger partial charge < -0.3 is 10.1 Å². The number of sulfone groups is 1. The molecule has 2 rings (SSSR count). The lowest BCUT2D eigenvalue weighted by molar-refractivity contribution is -0.124. The van der Waals surface area contributed by atoms with Gasteiger partial charge in [0, 0.05) is 12.3 Å². The summed E-state index contributed by atoms with van der Waals surface area (Å²) in [6.45, 7) is 1.59. The van der Waals surface area contributed by atoms with Gasteiger partial charge in [0.25, 0.3) is 5.91 Å². The minimum atomic E-state index is -3.30. The van der Waals surface area contributed by atoms with Crippen LogP contribution in [0.4, 0.5) is 0 Å². The molecule has 1 aromatic rings. The first-order chi connectivity index (χ1) is 10.3. The van der Waals surface area contributed by atoms with E-state index in [1.54, 1.807) is 0 Å². The second-order valence-electron chi connectivity index (χ2n) is 5.57. The first-order valence-corrected chi connectivity index (χ1v) is 8.93. The fourth-order valence-electron chi connectivity index (χ4n) is 2.06. The molecule has 0 aliphatic heterocycles. The molecule has 0 aromatic heterocycles. The van der Waals surface area contributed by atoms with Crippen molar-refractivity contribution in [1.82, 2.24) is 5.32 Å². The first kappa shape index (κ1) is 16.5. The van der Waals surface area contributed by atoms with Crippen molar-refractivity contribution in [3.63, 3.8) is 0 Å². The molecule has 0 saturated heterocycles. The molecule has 7 heteroatoms. The summed E-state index contributed by atoms with van der Waals surface area (Å²) in [6, 6.07) is 5.50. The van der Waals surface area contributed by atoms with Crippen LogP contribution in [0.1, 0.15) is 30.1 Å². The smallest absolute Gasteiger partial charge is 0.338 e. The maximum atomic E-state index is 11.8. The average molecular weight is 325 g/mol. The molecule has 1 amide bonds. The van der Waals surface area contributed by atoms with Crippen LogP contribution in [0.2, 0.25) is 0 Å². The molecule has 0 spiro atoms. The normalized spacial score (nSPS) is 15.9. The second kappa shape index (κ2) is 6.48. The zero-order valence-electron chi connectivity index (χ0n) is 12.5. The zero-order valence-corrected chi connectivity index (χ0v) is 13.4. The monoisotopic (exact) mass is 325 g/mol. The molecule has 0 unspecified atom stereocenters. The van der Waals surface area contributed by atoms with E-state index in [0.29, 0.717) is 5.92 Å². The maximum absolute atomic E-state index is 11.8. The van der Waals surface area contributed by atoms with Gasteiger partial charge in [0.2, 0.25) is 0 Å². The van der Waals surface area contributed by atoms with Crippen molar-refractivity contribution < 1.29 is 22.7 Å². The van der Waals surface area contributed by atoms with Crippen molar-refractivity contribution in [2.24, 2.45) is 5.92 Å². The Morgan fingerprint density at radius 3 is 2.36 bits per heavy atom. The molecule has 1 atom stereocenters. The molecular weight excluding hydrogens is 306 g/mol. The number of hydrogen-bond acceptors (Lipinski definition) is 5. The molecule has 120 valence electrons. The number of benzene rings is 1. The number of esters is 1. The van der Waals surface area contributed by atoms with Crippen LogP contribution in [0.25, 0.3) is 0 Å². The molecule has 1 N–H and O–H groups in total. The Morgan fingerprint density at radius 2 is 1.86 bits per heavy atom. The van der Waals surface area contributed by atoms with Crippen molar-refractivity contribution >= 4 is 21.7 Å². The Balaban J connectivity index is 1.85. The minimum Gasteiger partial charge on any atom is -0.452 e. The van der Waals surface area contributed by atoms with Gasteiger partial charge in [-0.15, -0.1) is 0 Å². The topological polar surface area (TPSA) is 89.5 Å². The largest absolute Gasteiger partial charge is 0.452 e. The molecule has 1 aliphatic rings. The fourth-order valence-corrected chi connectivity index (χ4v) is 2.69. The highest BCUT2D eigenvalue weighted by atomic mass is 32.2. The number of amides is 1. The fraction of sp³-hybridized carbons (Fsp3) is 0.467. The predicted octanol–water partition coefficient (Wildman–Crippen LogP) is 1.16. The zero-order chi connectivity index (χ0) is 16.3. The quantitative estimate of drug-likeness (QED) is 0.793. The third kappa shape index (κ3) is 4.56. The number of rotatable bonds is 6. The number of hydrogen-bond donors (Lipinski definition) is 1. The molecule has 1 fully saturated rings. The van der Waals surface area contributed by atoms with Crippen molar-refractivity contribution in [1.29, 1.82) is 0 Å². The summed E-state index contributed by atoms with van der Waals surface area (Å²) in [5.41, 5.74) is 0.204.